The van der Waals surface area contributed by atoms with Crippen LogP contribution in [0.2, 0.25) is 0 Å². The zero-order valence-corrected chi connectivity index (χ0v) is 23.6. The molecule has 0 saturated carbocycles. The second-order valence-corrected chi connectivity index (χ2v) is 10.4. The van der Waals surface area contributed by atoms with Crippen molar-refractivity contribution in [3.63, 3.8) is 0 Å². The highest BCUT2D eigenvalue weighted by Gasteiger charge is 2.32. The Kier molecular flexibility index (Phi) is 9.63. The first-order valence-corrected chi connectivity index (χ1v) is 13.8. The minimum absolute atomic E-state index is 0.0489. The van der Waals surface area contributed by atoms with Crippen molar-refractivity contribution in [2.45, 2.75) is 57.8 Å². The second-order valence-electron chi connectivity index (χ2n) is 10.4. The first-order chi connectivity index (χ1) is 19.9. The number of aliphatic imine (C=N–C) groups is 1. The monoisotopic (exact) mass is 583 g/mol. The van der Waals surface area contributed by atoms with Crippen LogP contribution in [0.3, 0.4) is 0 Å². The molecule has 0 spiro atoms. The minimum atomic E-state index is -4.53. The van der Waals surface area contributed by atoms with E-state index in [4.69, 9.17) is 17.2 Å². The van der Waals surface area contributed by atoms with E-state index in [1.54, 1.807) is 12.3 Å². The average Bonchev–Trinajstić information content (AvgIpc) is 3.34. The lowest BCUT2D eigenvalue weighted by molar-refractivity contribution is -0.137. The number of halogens is 3. The summed E-state index contributed by atoms with van der Waals surface area (Å²) in [6.07, 6.45) is -0.480. The zero-order valence-electron chi connectivity index (χ0n) is 23.6. The number of fused-ring (bicyclic) bond motifs is 1. The van der Waals surface area contributed by atoms with Crippen LogP contribution >= 0.6 is 0 Å². The molecule has 0 aliphatic rings. The van der Waals surface area contributed by atoms with Gasteiger partial charge in [0.05, 0.1) is 22.6 Å². The molecule has 0 amide bonds. The van der Waals surface area contributed by atoms with Crippen LogP contribution in [0, 0.1) is 0 Å². The molecule has 0 radical (unpaired) electrons. The molecule has 0 aliphatic heterocycles. The number of aromatic amines is 1. The number of pyridine rings is 1. The van der Waals surface area contributed by atoms with Crippen molar-refractivity contribution < 1.29 is 13.2 Å². The number of benzene rings is 1. The lowest BCUT2D eigenvalue weighted by Crippen LogP contribution is -2.24. The number of aromatic nitrogens is 4. The number of nitrogens with zero attached hydrogens (tertiary/aromatic N) is 4. The molecule has 224 valence electrons. The summed E-state index contributed by atoms with van der Waals surface area (Å²) < 4.78 is 42.4. The zero-order chi connectivity index (χ0) is 30.4. The fourth-order valence-electron chi connectivity index (χ4n) is 4.59. The van der Waals surface area contributed by atoms with Crippen LogP contribution in [0.1, 0.15) is 56.0 Å². The van der Waals surface area contributed by atoms with Gasteiger partial charge < -0.3 is 27.5 Å². The van der Waals surface area contributed by atoms with E-state index in [0.717, 1.165) is 30.7 Å². The van der Waals surface area contributed by atoms with Gasteiger partial charge in [0.25, 0.3) is 0 Å². The molecule has 0 saturated heterocycles. The molecule has 3 aromatic heterocycles. The van der Waals surface area contributed by atoms with Gasteiger partial charge in [0, 0.05) is 35.9 Å². The third-order valence-corrected chi connectivity index (χ3v) is 6.83. The minimum Gasteiger partial charge on any atom is -0.370 e. The highest BCUT2D eigenvalue weighted by atomic mass is 19.4. The van der Waals surface area contributed by atoms with Gasteiger partial charge in [0.15, 0.2) is 5.96 Å². The molecule has 42 heavy (non-hydrogen) atoms. The van der Waals surface area contributed by atoms with Gasteiger partial charge in [-0.05, 0) is 82.0 Å². The van der Waals surface area contributed by atoms with Crippen LogP contribution < -0.4 is 28.2 Å². The number of guanidine groups is 1. The third-order valence-electron chi connectivity index (χ3n) is 6.83. The summed E-state index contributed by atoms with van der Waals surface area (Å²) in [6.45, 7) is 5.15. The molecule has 3 heterocycles. The van der Waals surface area contributed by atoms with Crippen LogP contribution in [0.15, 0.2) is 58.4 Å². The third kappa shape index (κ3) is 7.95. The number of alkyl halides is 3. The Hall–Kier alpha value is -4.23. The Morgan fingerprint density at radius 3 is 2.50 bits per heavy atom. The van der Waals surface area contributed by atoms with Crippen molar-refractivity contribution in [1.29, 1.82) is 0 Å². The van der Waals surface area contributed by atoms with Gasteiger partial charge in [-0.25, -0.2) is 4.79 Å². The molecule has 1 aromatic carbocycles. The molecule has 4 aromatic rings. The normalized spacial score (nSPS) is 13.3. The number of H-pyrrole nitrogens is 1. The van der Waals surface area contributed by atoms with Crippen molar-refractivity contribution in [1.82, 2.24) is 24.8 Å². The van der Waals surface area contributed by atoms with Crippen LogP contribution in [-0.4, -0.2) is 44.6 Å². The average molecular weight is 584 g/mol. The smallest absolute Gasteiger partial charge is 0.370 e. The number of rotatable bonds is 12. The number of hydrogen-bond donors (Lipinski definition) is 5. The number of nitrogens with one attached hydrogen (secondary N) is 2. The van der Waals surface area contributed by atoms with Crippen molar-refractivity contribution in [2.24, 2.45) is 22.2 Å². The van der Waals surface area contributed by atoms with E-state index in [2.05, 4.69) is 25.3 Å². The Balaban J connectivity index is 1.56. The lowest BCUT2D eigenvalue weighted by atomic mass is 10.1. The van der Waals surface area contributed by atoms with Crippen LogP contribution in [0.4, 0.5) is 13.2 Å². The second kappa shape index (κ2) is 13.2. The summed E-state index contributed by atoms with van der Waals surface area (Å²) in [5, 5.41) is 3.96. The topological polar surface area (TPSA) is 166 Å². The Morgan fingerprint density at radius 1 is 1.10 bits per heavy atom. The molecular formula is C29H36F3N9O. The van der Waals surface area contributed by atoms with Gasteiger partial charge in [-0.3, -0.25) is 14.5 Å². The maximum atomic E-state index is 13.7. The largest absolute Gasteiger partial charge is 0.416 e. The highest BCUT2D eigenvalue weighted by Crippen LogP contribution is 2.33. The molecule has 1 unspecified atom stereocenters. The van der Waals surface area contributed by atoms with E-state index >= 15 is 0 Å². The summed E-state index contributed by atoms with van der Waals surface area (Å²) in [6, 6.07) is 11.2. The molecule has 0 aliphatic carbocycles. The van der Waals surface area contributed by atoms with E-state index < -0.39 is 17.4 Å². The van der Waals surface area contributed by atoms with E-state index in [0.29, 0.717) is 48.3 Å². The van der Waals surface area contributed by atoms with Gasteiger partial charge >= 0.3 is 11.9 Å². The summed E-state index contributed by atoms with van der Waals surface area (Å²) >= 11 is 0. The molecule has 0 bridgehead atoms. The maximum absolute atomic E-state index is 13.7. The fourth-order valence-corrected chi connectivity index (χ4v) is 4.59. The lowest BCUT2D eigenvalue weighted by Gasteiger charge is -2.15. The Labute approximate surface area is 241 Å². The SMILES string of the molecule is CC(NCCCN=C(N)N)c1ccc(-n2cc3cc(-c4cc(C(F)(F)F)cc(CCC[C@@H](C)N)n4)[nH]c3nc2=O)cc1. The first kappa shape index (κ1) is 30.7. The molecular weight excluding hydrogens is 547 g/mol. The van der Waals surface area contributed by atoms with Gasteiger partial charge in [0.1, 0.15) is 5.65 Å². The van der Waals surface area contributed by atoms with Gasteiger partial charge in [0.2, 0.25) is 0 Å². The number of hydrogen-bond acceptors (Lipinski definition) is 6. The van der Waals surface area contributed by atoms with Crippen molar-refractivity contribution in [2.75, 3.05) is 13.1 Å². The predicted molar refractivity (Wildman–Crippen MR) is 158 cm³/mol. The van der Waals surface area contributed by atoms with E-state index in [1.807, 2.05) is 38.1 Å². The first-order valence-electron chi connectivity index (χ1n) is 13.8. The number of nitrogens with two attached hydrogens (primary N) is 3. The van der Waals surface area contributed by atoms with Crippen molar-refractivity contribution in [3.05, 3.63) is 76.0 Å². The number of aryl methyl sites for hydroxylation is 1. The van der Waals surface area contributed by atoms with E-state index in [1.165, 1.54) is 4.57 Å². The summed E-state index contributed by atoms with van der Waals surface area (Å²) in [5.74, 6) is 0.0719. The Bertz CT molecular complexity index is 1590. The van der Waals surface area contributed by atoms with Crippen molar-refractivity contribution in [3.8, 4) is 17.1 Å². The summed E-state index contributed by atoms with van der Waals surface area (Å²) in [5.41, 5.74) is 17.8. The summed E-state index contributed by atoms with van der Waals surface area (Å²) in [7, 11) is 0. The van der Waals surface area contributed by atoms with Crippen LogP contribution in [0.5, 0.6) is 0 Å². The predicted octanol–water partition coefficient (Wildman–Crippen LogP) is 3.78. The molecule has 13 heteroatoms. The Morgan fingerprint density at radius 2 is 1.83 bits per heavy atom. The van der Waals surface area contributed by atoms with Gasteiger partial charge in [-0.15, -0.1) is 0 Å². The van der Waals surface area contributed by atoms with Gasteiger partial charge in [-0.2, -0.15) is 18.2 Å². The molecule has 8 N–H and O–H groups in total. The van der Waals surface area contributed by atoms with E-state index in [9.17, 15) is 18.0 Å². The van der Waals surface area contributed by atoms with Crippen LogP contribution in [-0.2, 0) is 12.6 Å². The highest BCUT2D eigenvalue weighted by molar-refractivity contribution is 5.81. The molecule has 0 fully saturated rings. The standard InChI is InChI=1S/C29H36F3N9O/c1-17(33)5-3-6-22-14-21(29(30,31)32)15-25(38-22)24-13-20-16-41(28(42)40-26(20)39-24)23-9-7-19(8-10-23)18(2)36-11-4-12-37-27(34)35/h7-10,13-18,36H,3-6,11-12,33H2,1-2H3,(H4,34,35,37)(H,39,40,42)/t17-,18?/m1/s1. The molecule has 4 rings (SSSR count). The van der Waals surface area contributed by atoms with Crippen LogP contribution in [0.25, 0.3) is 28.1 Å². The van der Waals surface area contributed by atoms with Crippen molar-refractivity contribution >= 4 is 17.0 Å². The quantitative estimate of drug-likeness (QED) is 0.0961. The van der Waals surface area contributed by atoms with Gasteiger partial charge in [-0.1, -0.05) is 12.1 Å². The summed E-state index contributed by atoms with van der Waals surface area (Å²) in [4.78, 5) is 28.4. The fraction of sp³-hybridized carbons (Fsp3) is 0.379. The molecule has 2 atom stereocenters. The maximum Gasteiger partial charge on any atom is 0.416 e. The van der Waals surface area contributed by atoms with E-state index in [-0.39, 0.29) is 29.4 Å². The molecule has 10 nitrogen and oxygen atoms in total.